The molecule has 1 amide bonds. The average molecular weight is 322 g/mol. The average Bonchev–Trinajstić information content (AvgIpc) is 2.80. The third kappa shape index (κ3) is 4.65. The maximum atomic E-state index is 12.6. The van der Waals surface area contributed by atoms with Crippen molar-refractivity contribution in [2.45, 2.75) is 30.4 Å². The third-order valence-electron chi connectivity index (χ3n) is 4.07. The number of hydrogen-bond donors (Lipinski definition) is 0. The molecule has 22 heavy (non-hydrogen) atoms. The zero-order valence-electron chi connectivity index (χ0n) is 13.7. The molecule has 122 valence electrons. The number of rotatable bonds is 5. The van der Waals surface area contributed by atoms with Gasteiger partial charge in [0, 0.05) is 24.5 Å². The van der Waals surface area contributed by atoms with Crippen LogP contribution in [-0.2, 0) is 4.79 Å². The Morgan fingerprint density at radius 3 is 2.59 bits per heavy atom. The molecule has 4 nitrogen and oxygen atoms in total. The molecule has 0 bridgehead atoms. The van der Waals surface area contributed by atoms with Gasteiger partial charge in [-0.15, -0.1) is 11.8 Å². The Kier molecular flexibility index (Phi) is 6.58. The standard InChI is InChI=1S/C17H26N2O2S/c1-4-18-10-5-11-19(13-12-18)17(20)14(2)22-16-8-6-15(21-3)7-9-16/h6-9,14H,4-5,10-13H2,1-3H3/t14-/m0/s1. The Morgan fingerprint density at radius 1 is 1.23 bits per heavy atom. The largest absolute Gasteiger partial charge is 0.497 e. The predicted molar refractivity (Wildman–Crippen MR) is 91.6 cm³/mol. The summed E-state index contributed by atoms with van der Waals surface area (Å²) in [5.74, 6) is 1.09. The highest BCUT2D eigenvalue weighted by molar-refractivity contribution is 8.00. The van der Waals surface area contributed by atoms with Crippen LogP contribution >= 0.6 is 11.8 Å². The first-order valence-electron chi connectivity index (χ1n) is 7.96. The monoisotopic (exact) mass is 322 g/mol. The van der Waals surface area contributed by atoms with E-state index >= 15 is 0 Å². The smallest absolute Gasteiger partial charge is 0.235 e. The molecule has 0 spiro atoms. The van der Waals surface area contributed by atoms with Crippen LogP contribution in [0.3, 0.4) is 0 Å². The van der Waals surface area contributed by atoms with Crippen molar-refractivity contribution in [3.8, 4) is 5.75 Å². The number of hydrogen-bond acceptors (Lipinski definition) is 4. The topological polar surface area (TPSA) is 32.8 Å². The van der Waals surface area contributed by atoms with E-state index in [2.05, 4.69) is 11.8 Å². The van der Waals surface area contributed by atoms with Crippen molar-refractivity contribution in [3.05, 3.63) is 24.3 Å². The maximum Gasteiger partial charge on any atom is 0.235 e. The highest BCUT2D eigenvalue weighted by Crippen LogP contribution is 2.26. The minimum absolute atomic E-state index is 0.0541. The molecule has 0 N–H and O–H groups in total. The van der Waals surface area contributed by atoms with E-state index in [0.717, 1.165) is 49.8 Å². The lowest BCUT2D eigenvalue weighted by atomic mass is 10.3. The fourth-order valence-corrected chi connectivity index (χ4v) is 3.62. The molecule has 0 saturated carbocycles. The van der Waals surface area contributed by atoms with Gasteiger partial charge in [0.15, 0.2) is 0 Å². The van der Waals surface area contributed by atoms with E-state index in [1.165, 1.54) is 0 Å². The van der Waals surface area contributed by atoms with E-state index in [0.29, 0.717) is 0 Å². The van der Waals surface area contributed by atoms with Crippen molar-refractivity contribution < 1.29 is 9.53 Å². The number of thioether (sulfide) groups is 1. The summed E-state index contributed by atoms with van der Waals surface area (Å²) in [5.41, 5.74) is 0. The Morgan fingerprint density at radius 2 is 1.95 bits per heavy atom. The molecule has 1 aromatic rings. The summed E-state index contributed by atoms with van der Waals surface area (Å²) in [7, 11) is 1.66. The van der Waals surface area contributed by atoms with Crippen LogP contribution in [0.2, 0.25) is 0 Å². The molecule has 0 radical (unpaired) electrons. The lowest BCUT2D eigenvalue weighted by molar-refractivity contribution is -0.130. The molecule has 5 heteroatoms. The number of amides is 1. The van der Waals surface area contributed by atoms with Gasteiger partial charge < -0.3 is 14.5 Å². The molecule has 1 fully saturated rings. The molecule has 0 unspecified atom stereocenters. The van der Waals surface area contributed by atoms with E-state index in [4.69, 9.17) is 4.74 Å². The van der Waals surface area contributed by atoms with Crippen molar-refractivity contribution in [1.29, 1.82) is 0 Å². The second kappa shape index (κ2) is 8.44. The molecule has 1 aliphatic heterocycles. The predicted octanol–water partition coefficient (Wildman–Crippen LogP) is 2.73. The van der Waals surface area contributed by atoms with E-state index in [1.807, 2.05) is 36.1 Å². The summed E-state index contributed by atoms with van der Waals surface area (Å²) in [6.45, 7) is 9.06. The normalized spacial score (nSPS) is 17.9. The van der Waals surface area contributed by atoms with Crippen molar-refractivity contribution in [3.63, 3.8) is 0 Å². The third-order valence-corrected chi connectivity index (χ3v) is 5.17. The lowest BCUT2D eigenvalue weighted by Gasteiger charge is -2.24. The first kappa shape index (κ1) is 17.2. The first-order chi connectivity index (χ1) is 10.6. The Balaban J connectivity index is 1.90. The molecule has 1 aliphatic rings. The minimum atomic E-state index is -0.0541. The summed E-state index contributed by atoms with van der Waals surface area (Å²) in [6.07, 6.45) is 1.07. The van der Waals surface area contributed by atoms with Crippen LogP contribution in [0, 0.1) is 0 Å². The summed E-state index contributed by atoms with van der Waals surface area (Å²) in [4.78, 5) is 18.2. The SMILES string of the molecule is CCN1CCCN(C(=O)[C@H](C)Sc2ccc(OC)cc2)CC1. The maximum absolute atomic E-state index is 12.6. The summed E-state index contributed by atoms with van der Waals surface area (Å²) in [6, 6.07) is 7.89. The second-order valence-corrected chi connectivity index (χ2v) is 6.96. The number of ether oxygens (including phenoxy) is 1. The molecule has 0 aliphatic carbocycles. The quantitative estimate of drug-likeness (QED) is 0.781. The van der Waals surface area contributed by atoms with Crippen molar-refractivity contribution in [2.75, 3.05) is 39.8 Å². The number of likely N-dealkylation sites (N-methyl/N-ethyl adjacent to an activating group) is 1. The molecule has 0 aromatic heterocycles. The molecule has 2 rings (SSSR count). The van der Waals surface area contributed by atoms with Gasteiger partial charge in [0.05, 0.1) is 12.4 Å². The molecule has 1 atom stereocenters. The van der Waals surface area contributed by atoms with Gasteiger partial charge in [-0.3, -0.25) is 4.79 Å². The molecule has 1 saturated heterocycles. The fourth-order valence-electron chi connectivity index (χ4n) is 2.67. The van der Waals surface area contributed by atoms with Gasteiger partial charge in [-0.05, 0) is 50.7 Å². The van der Waals surface area contributed by atoms with E-state index < -0.39 is 0 Å². The summed E-state index contributed by atoms with van der Waals surface area (Å²) < 4.78 is 5.16. The van der Waals surface area contributed by atoms with Crippen LogP contribution in [0.15, 0.2) is 29.2 Å². The molecule has 1 aromatic carbocycles. The van der Waals surface area contributed by atoms with Crippen LogP contribution in [-0.4, -0.2) is 60.8 Å². The first-order valence-corrected chi connectivity index (χ1v) is 8.84. The number of methoxy groups -OCH3 is 1. The van der Waals surface area contributed by atoms with E-state index in [1.54, 1.807) is 18.9 Å². The Bertz CT molecular complexity index is 478. The number of benzene rings is 1. The van der Waals surface area contributed by atoms with E-state index in [9.17, 15) is 4.79 Å². The number of nitrogens with zero attached hydrogens (tertiary/aromatic N) is 2. The van der Waals surface area contributed by atoms with Gasteiger partial charge in [-0.2, -0.15) is 0 Å². The van der Waals surface area contributed by atoms with Crippen LogP contribution in [0.5, 0.6) is 5.75 Å². The second-order valence-electron chi connectivity index (χ2n) is 5.55. The number of carbonyl (C=O) groups is 1. The van der Waals surface area contributed by atoms with Crippen molar-refractivity contribution >= 4 is 17.7 Å². The van der Waals surface area contributed by atoms with Crippen LogP contribution in [0.25, 0.3) is 0 Å². The van der Waals surface area contributed by atoms with Crippen molar-refractivity contribution in [1.82, 2.24) is 9.80 Å². The van der Waals surface area contributed by atoms with Crippen LogP contribution in [0.4, 0.5) is 0 Å². The summed E-state index contributed by atoms with van der Waals surface area (Å²) in [5, 5.41) is -0.0541. The molecule has 1 heterocycles. The van der Waals surface area contributed by atoms with E-state index in [-0.39, 0.29) is 11.2 Å². The van der Waals surface area contributed by atoms with Gasteiger partial charge in [-0.1, -0.05) is 6.92 Å². The van der Waals surface area contributed by atoms with Gasteiger partial charge in [-0.25, -0.2) is 0 Å². The molecular weight excluding hydrogens is 296 g/mol. The van der Waals surface area contributed by atoms with Gasteiger partial charge in [0.25, 0.3) is 0 Å². The van der Waals surface area contributed by atoms with Gasteiger partial charge in [0.1, 0.15) is 5.75 Å². The van der Waals surface area contributed by atoms with Crippen molar-refractivity contribution in [2.24, 2.45) is 0 Å². The number of carbonyl (C=O) groups excluding carboxylic acids is 1. The van der Waals surface area contributed by atoms with Crippen LogP contribution in [0.1, 0.15) is 20.3 Å². The highest BCUT2D eigenvalue weighted by Gasteiger charge is 2.23. The zero-order chi connectivity index (χ0) is 15.9. The Hall–Kier alpha value is -1.20. The summed E-state index contributed by atoms with van der Waals surface area (Å²) >= 11 is 1.62. The minimum Gasteiger partial charge on any atom is -0.497 e. The fraction of sp³-hybridized carbons (Fsp3) is 0.588. The lowest BCUT2D eigenvalue weighted by Crippen LogP contribution is -2.39. The molecular formula is C17H26N2O2S. The van der Waals surface area contributed by atoms with Crippen LogP contribution < -0.4 is 4.74 Å². The zero-order valence-corrected chi connectivity index (χ0v) is 14.6. The Labute approximate surface area is 137 Å². The highest BCUT2D eigenvalue weighted by atomic mass is 32.2. The van der Waals surface area contributed by atoms with Gasteiger partial charge in [0.2, 0.25) is 5.91 Å². The van der Waals surface area contributed by atoms with Gasteiger partial charge >= 0.3 is 0 Å².